The summed E-state index contributed by atoms with van der Waals surface area (Å²) in [4.78, 5) is 27.6. The lowest BCUT2D eigenvalue weighted by Crippen LogP contribution is -2.33. The third kappa shape index (κ3) is 3.26. The summed E-state index contributed by atoms with van der Waals surface area (Å²) in [6.45, 7) is 1.98. The molecule has 1 aliphatic rings. The van der Waals surface area contributed by atoms with Crippen molar-refractivity contribution in [3.8, 4) is 0 Å². The number of aryl methyl sites for hydroxylation is 1. The van der Waals surface area contributed by atoms with Gasteiger partial charge in [0, 0.05) is 11.3 Å². The van der Waals surface area contributed by atoms with E-state index in [1.165, 1.54) is 0 Å². The standard InChI is InChI=1S/C19H22N2O3/c1-2-15(12-7-4-3-5-8-12)20-18(23)14-11-13-16(21-19(14)24)9-6-10-17(13)22/h3-5,7-8,11,15,17,22H,2,6,9-10H2,1H3,(H,20,23)(H,21,24). The van der Waals surface area contributed by atoms with Crippen LogP contribution in [-0.4, -0.2) is 16.0 Å². The molecule has 1 aliphatic carbocycles. The second-order valence-electron chi connectivity index (χ2n) is 6.20. The van der Waals surface area contributed by atoms with Gasteiger partial charge in [0.1, 0.15) is 5.56 Å². The van der Waals surface area contributed by atoms with Gasteiger partial charge in [-0.05, 0) is 37.3 Å². The van der Waals surface area contributed by atoms with E-state index in [2.05, 4.69) is 10.3 Å². The highest BCUT2D eigenvalue weighted by Crippen LogP contribution is 2.28. The van der Waals surface area contributed by atoms with Crippen molar-refractivity contribution in [3.05, 3.63) is 69.1 Å². The van der Waals surface area contributed by atoms with Crippen LogP contribution in [0.25, 0.3) is 0 Å². The van der Waals surface area contributed by atoms with Crippen LogP contribution in [0.5, 0.6) is 0 Å². The van der Waals surface area contributed by atoms with Crippen LogP contribution in [0.15, 0.2) is 41.2 Å². The van der Waals surface area contributed by atoms with E-state index >= 15 is 0 Å². The molecule has 5 nitrogen and oxygen atoms in total. The average molecular weight is 326 g/mol. The summed E-state index contributed by atoms with van der Waals surface area (Å²) < 4.78 is 0. The van der Waals surface area contributed by atoms with Gasteiger partial charge >= 0.3 is 0 Å². The molecule has 1 aromatic carbocycles. The molecule has 1 heterocycles. The van der Waals surface area contributed by atoms with Crippen LogP contribution in [0.3, 0.4) is 0 Å². The number of H-pyrrole nitrogens is 1. The molecule has 2 unspecified atom stereocenters. The Balaban J connectivity index is 1.87. The summed E-state index contributed by atoms with van der Waals surface area (Å²) in [6, 6.07) is 11.1. The Bertz CT molecular complexity index is 783. The van der Waals surface area contributed by atoms with Gasteiger partial charge in [0.2, 0.25) is 0 Å². The minimum absolute atomic E-state index is 0.0593. The number of nitrogens with one attached hydrogen (secondary N) is 2. The van der Waals surface area contributed by atoms with Crippen molar-refractivity contribution in [1.29, 1.82) is 0 Å². The molecule has 1 amide bonds. The van der Waals surface area contributed by atoms with E-state index in [-0.39, 0.29) is 11.6 Å². The number of aromatic amines is 1. The molecule has 0 radical (unpaired) electrons. The van der Waals surface area contributed by atoms with Crippen molar-refractivity contribution in [2.24, 2.45) is 0 Å². The third-order valence-electron chi connectivity index (χ3n) is 4.58. The normalized spacial score (nSPS) is 17.8. The lowest BCUT2D eigenvalue weighted by Gasteiger charge is -2.22. The Kier molecular flexibility index (Phi) is 4.81. The van der Waals surface area contributed by atoms with Gasteiger partial charge in [-0.2, -0.15) is 0 Å². The lowest BCUT2D eigenvalue weighted by molar-refractivity contribution is 0.0933. The summed E-state index contributed by atoms with van der Waals surface area (Å²) in [7, 11) is 0. The zero-order chi connectivity index (χ0) is 17.1. The number of aliphatic hydroxyl groups excluding tert-OH is 1. The molecule has 2 atom stereocenters. The second kappa shape index (κ2) is 7.01. The quantitative estimate of drug-likeness (QED) is 0.808. The lowest BCUT2D eigenvalue weighted by atomic mass is 9.92. The minimum Gasteiger partial charge on any atom is -0.388 e. The molecule has 0 fully saturated rings. The third-order valence-corrected chi connectivity index (χ3v) is 4.58. The summed E-state index contributed by atoms with van der Waals surface area (Å²) in [5.74, 6) is -0.410. The van der Waals surface area contributed by atoms with Gasteiger partial charge in [-0.3, -0.25) is 9.59 Å². The Labute approximate surface area is 140 Å². The van der Waals surface area contributed by atoms with Crippen molar-refractivity contribution in [1.82, 2.24) is 10.3 Å². The number of aliphatic hydroxyl groups is 1. The van der Waals surface area contributed by atoms with Gasteiger partial charge < -0.3 is 15.4 Å². The molecule has 5 heteroatoms. The van der Waals surface area contributed by atoms with Crippen molar-refractivity contribution in [2.45, 2.75) is 44.8 Å². The first-order valence-electron chi connectivity index (χ1n) is 8.40. The maximum absolute atomic E-state index is 12.6. The van der Waals surface area contributed by atoms with Gasteiger partial charge in [0.15, 0.2) is 0 Å². The van der Waals surface area contributed by atoms with E-state index in [9.17, 15) is 14.7 Å². The predicted molar refractivity (Wildman–Crippen MR) is 91.9 cm³/mol. The number of hydrogen-bond donors (Lipinski definition) is 3. The topological polar surface area (TPSA) is 82.2 Å². The molecule has 0 bridgehead atoms. The highest BCUT2D eigenvalue weighted by atomic mass is 16.3. The van der Waals surface area contributed by atoms with Crippen molar-refractivity contribution < 1.29 is 9.90 Å². The Morgan fingerprint density at radius 2 is 2.12 bits per heavy atom. The molecule has 126 valence electrons. The molecular formula is C19H22N2O3. The number of pyridine rings is 1. The summed E-state index contributed by atoms with van der Waals surface area (Å²) in [5.41, 5.74) is 2.07. The molecule has 2 aromatic rings. The Hall–Kier alpha value is -2.40. The number of benzene rings is 1. The molecule has 0 spiro atoms. The first kappa shape index (κ1) is 16.5. The molecule has 0 aliphatic heterocycles. The van der Waals surface area contributed by atoms with Crippen molar-refractivity contribution in [3.63, 3.8) is 0 Å². The zero-order valence-electron chi connectivity index (χ0n) is 13.7. The molecule has 3 rings (SSSR count). The number of aromatic nitrogens is 1. The van der Waals surface area contributed by atoms with E-state index < -0.39 is 17.6 Å². The Morgan fingerprint density at radius 3 is 2.83 bits per heavy atom. The first-order valence-corrected chi connectivity index (χ1v) is 8.40. The van der Waals surface area contributed by atoms with E-state index in [0.29, 0.717) is 12.0 Å². The van der Waals surface area contributed by atoms with E-state index in [4.69, 9.17) is 0 Å². The van der Waals surface area contributed by atoms with E-state index in [1.807, 2.05) is 37.3 Å². The average Bonchev–Trinajstić information content (AvgIpc) is 2.60. The number of amides is 1. The zero-order valence-corrected chi connectivity index (χ0v) is 13.7. The number of carbonyl (C=O) groups excluding carboxylic acids is 1. The summed E-state index contributed by atoms with van der Waals surface area (Å²) in [6.07, 6.45) is 2.32. The fraction of sp³-hybridized carbons (Fsp3) is 0.368. The summed E-state index contributed by atoms with van der Waals surface area (Å²) >= 11 is 0. The maximum atomic E-state index is 12.6. The molecular weight excluding hydrogens is 304 g/mol. The smallest absolute Gasteiger partial charge is 0.261 e. The molecule has 0 saturated carbocycles. The van der Waals surface area contributed by atoms with Crippen LogP contribution in [0, 0.1) is 0 Å². The number of hydrogen-bond acceptors (Lipinski definition) is 3. The monoisotopic (exact) mass is 326 g/mol. The molecule has 3 N–H and O–H groups in total. The fourth-order valence-electron chi connectivity index (χ4n) is 3.23. The molecule has 24 heavy (non-hydrogen) atoms. The van der Waals surface area contributed by atoms with Crippen molar-refractivity contribution in [2.75, 3.05) is 0 Å². The summed E-state index contributed by atoms with van der Waals surface area (Å²) in [5, 5.41) is 13.0. The van der Waals surface area contributed by atoms with Gasteiger partial charge in [-0.25, -0.2) is 0 Å². The Morgan fingerprint density at radius 1 is 1.38 bits per heavy atom. The fourth-order valence-corrected chi connectivity index (χ4v) is 3.23. The van der Waals surface area contributed by atoms with E-state index in [1.54, 1.807) is 6.07 Å². The van der Waals surface area contributed by atoms with Crippen LogP contribution in [0.2, 0.25) is 0 Å². The maximum Gasteiger partial charge on any atom is 0.261 e. The van der Waals surface area contributed by atoms with Gasteiger partial charge in [0.25, 0.3) is 11.5 Å². The van der Waals surface area contributed by atoms with Crippen LogP contribution >= 0.6 is 0 Å². The van der Waals surface area contributed by atoms with Crippen LogP contribution in [0.1, 0.15) is 65.5 Å². The second-order valence-corrected chi connectivity index (χ2v) is 6.20. The van der Waals surface area contributed by atoms with Crippen molar-refractivity contribution >= 4 is 5.91 Å². The van der Waals surface area contributed by atoms with Gasteiger partial charge in [-0.1, -0.05) is 37.3 Å². The van der Waals surface area contributed by atoms with Crippen LogP contribution < -0.4 is 10.9 Å². The number of fused-ring (bicyclic) bond motifs is 1. The highest BCUT2D eigenvalue weighted by molar-refractivity contribution is 5.94. The van der Waals surface area contributed by atoms with Gasteiger partial charge in [-0.15, -0.1) is 0 Å². The van der Waals surface area contributed by atoms with E-state index in [0.717, 1.165) is 30.5 Å². The van der Waals surface area contributed by atoms with Crippen LogP contribution in [0.4, 0.5) is 0 Å². The molecule has 0 saturated heterocycles. The van der Waals surface area contributed by atoms with Gasteiger partial charge in [0.05, 0.1) is 12.1 Å². The minimum atomic E-state index is -0.617. The predicted octanol–water partition coefficient (Wildman–Crippen LogP) is 2.63. The van der Waals surface area contributed by atoms with Crippen LogP contribution in [-0.2, 0) is 6.42 Å². The number of carbonyl (C=O) groups is 1. The highest BCUT2D eigenvalue weighted by Gasteiger charge is 2.23. The largest absolute Gasteiger partial charge is 0.388 e. The SMILES string of the molecule is CCC(NC(=O)c1cc2c([nH]c1=O)CCCC2O)c1ccccc1. The first-order chi connectivity index (χ1) is 11.6. The molecule has 1 aromatic heterocycles. The number of rotatable bonds is 4.